The molecule has 2 aliphatic heterocycles. The Labute approximate surface area is 281 Å². The lowest BCUT2D eigenvalue weighted by atomic mass is 9.96. The molecule has 0 aliphatic carbocycles. The minimum atomic E-state index is -0.250. The van der Waals surface area contributed by atoms with Crippen molar-refractivity contribution in [3.8, 4) is 53.0 Å². The van der Waals surface area contributed by atoms with Crippen molar-refractivity contribution in [2.24, 2.45) is 0 Å². The zero-order chi connectivity index (χ0) is 33.6. The van der Waals surface area contributed by atoms with Gasteiger partial charge in [-0.3, -0.25) is 9.69 Å². The Hall–Kier alpha value is -5.15. The van der Waals surface area contributed by atoms with Crippen LogP contribution in [-0.2, 0) is 24.6 Å². The topological polar surface area (TPSA) is 101 Å². The van der Waals surface area contributed by atoms with Gasteiger partial charge in [-0.05, 0) is 91.0 Å². The molecule has 242 valence electrons. The molecule has 0 unspecified atom stereocenters. The lowest BCUT2D eigenvalue weighted by molar-refractivity contribution is -0.122. The summed E-state index contributed by atoms with van der Waals surface area (Å²) in [4.78, 5) is 10.8. The van der Waals surface area contributed by atoms with E-state index < -0.39 is 0 Å². The van der Waals surface area contributed by atoms with E-state index in [0.29, 0.717) is 42.8 Å². The average molecular weight is 653 g/mol. The van der Waals surface area contributed by atoms with Crippen molar-refractivity contribution in [2.75, 3.05) is 26.3 Å². The van der Waals surface area contributed by atoms with E-state index in [1.54, 1.807) is 6.07 Å². The maximum absolute atomic E-state index is 9.28. The molecule has 2 aliphatic rings. The van der Waals surface area contributed by atoms with Crippen LogP contribution in [0.3, 0.4) is 0 Å². The van der Waals surface area contributed by atoms with Gasteiger partial charge in [0.2, 0.25) is 0 Å². The molecule has 8 nitrogen and oxygen atoms in total. The van der Waals surface area contributed by atoms with Gasteiger partial charge in [0.1, 0.15) is 37.9 Å². The minimum absolute atomic E-state index is 0.250. The van der Waals surface area contributed by atoms with Gasteiger partial charge in [-0.2, -0.15) is 5.26 Å². The van der Waals surface area contributed by atoms with Gasteiger partial charge in [-0.25, -0.2) is 0 Å². The van der Waals surface area contributed by atoms with Crippen molar-refractivity contribution in [2.45, 2.75) is 39.5 Å². The fourth-order valence-corrected chi connectivity index (χ4v) is 5.78. The van der Waals surface area contributed by atoms with Crippen LogP contribution in [0.25, 0.3) is 11.1 Å². The first-order valence-corrected chi connectivity index (χ1v) is 15.6. The van der Waals surface area contributed by atoms with E-state index >= 15 is 0 Å². The van der Waals surface area contributed by atoms with Gasteiger partial charge in [0.15, 0.2) is 11.5 Å². The number of ether oxygens (including phenoxy) is 4. The largest absolute Gasteiger partial charge is 0.488 e. The first-order chi connectivity index (χ1) is 23.0. The SMILES string of the molecule is C#C.Cc1c(COc2cc(OCc3cccc(C#N)c3)c(CN3CCCC3)cc2Cl)cccc1-c1ccc2c(c1)OCCO2.O=CO. The summed E-state index contributed by atoms with van der Waals surface area (Å²) in [6.45, 7) is 6.59. The summed E-state index contributed by atoms with van der Waals surface area (Å²) in [5, 5.41) is 16.7. The van der Waals surface area contributed by atoms with E-state index in [9.17, 15) is 5.26 Å². The number of carbonyl (C=O) groups is 1. The quantitative estimate of drug-likeness (QED) is 0.145. The number of fused-ring (bicyclic) bond motifs is 1. The second-order valence-electron chi connectivity index (χ2n) is 10.8. The number of nitriles is 1. The molecule has 2 heterocycles. The van der Waals surface area contributed by atoms with E-state index in [2.05, 4.69) is 48.9 Å². The molecule has 4 aromatic carbocycles. The van der Waals surface area contributed by atoms with Gasteiger partial charge in [-0.1, -0.05) is 48.0 Å². The Morgan fingerprint density at radius 2 is 1.62 bits per heavy atom. The van der Waals surface area contributed by atoms with Crippen molar-refractivity contribution in [1.82, 2.24) is 4.90 Å². The number of nitrogens with zero attached hydrogens (tertiary/aromatic N) is 2. The molecule has 6 rings (SSSR count). The van der Waals surface area contributed by atoms with Crippen molar-refractivity contribution in [1.29, 1.82) is 5.26 Å². The Kier molecular flexibility index (Phi) is 12.9. The molecule has 0 radical (unpaired) electrons. The summed E-state index contributed by atoms with van der Waals surface area (Å²) in [5.74, 6) is 2.87. The van der Waals surface area contributed by atoms with Crippen molar-refractivity contribution in [3.05, 3.63) is 106 Å². The predicted molar refractivity (Wildman–Crippen MR) is 182 cm³/mol. The normalized spacial score (nSPS) is 13.2. The van der Waals surface area contributed by atoms with Crippen LogP contribution in [0.2, 0.25) is 5.02 Å². The van der Waals surface area contributed by atoms with Gasteiger partial charge in [0, 0.05) is 18.2 Å². The van der Waals surface area contributed by atoms with Gasteiger partial charge in [0.25, 0.3) is 6.47 Å². The fourth-order valence-electron chi connectivity index (χ4n) is 5.54. The zero-order valence-corrected chi connectivity index (χ0v) is 27.0. The lowest BCUT2D eigenvalue weighted by Crippen LogP contribution is -2.19. The Morgan fingerprint density at radius 3 is 2.36 bits per heavy atom. The highest BCUT2D eigenvalue weighted by Crippen LogP contribution is 2.38. The van der Waals surface area contributed by atoms with E-state index in [1.807, 2.05) is 48.5 Å². The van der Waals surface area contributed by atoms with Crippen LogP contribution in [-0.4, -0.2) is 42.8 Å². The summed E-state index contributed by atoms with van der Waals surface area (Å²) in [6, 6.07) is 25.8. The average Bonchev–Trinajstić information content (AvgIpc) is 3.62. The lowest BCUT2D eigenvalue weighted by Gasteiger charge is -2.21. The second kappa shape index (κ2) is 17.5. The molecule has 1 N–H and O–H groups in total. The van der Waals surface area contributed by atoms with Crippen LogP contribution in [0.5, 0.6) is 23.0 Å². The molecule has 1 fully saturated rings. The first kappa shape index (κ1) is 34.7. The van der Waals surface area contributed by atoms with E-state index in [4.69, 9.17) is 40.4 Å². The third-order valence-corrected chi connectivity index (χ3v) is 8.14. The number of benzene rings is 4. The zero-order valence-electron chi connectivity index (χ0n) is 26.3. The Balaban J connectivity index is 0.000000947. The number of likely N-dealkylation sites (tertiary alicyclic amines) is 1. The molecular weight excluding hydrogens is 616 g/mol. The molecular formula is C38H37ClN2O6. The molecule has 47 heavy (non-hydrogen) atoms. The maximum atomic E-state index is 9.28. The standard InChI is InChI=1S/C35H33ClN2O4.C2H2.CH2O2/c1-24-28(8-5-9-30(24)27-10-11-32-35(18-27)40-15-14-39-32)23-42-34-19-33(41-22-26-7-4-6-25(16-26)20-37)29(17-31(34)36)21-38-12-2-3-13-38;1-2;2-1-3/h4-11,16-19H,2-3,12-15,21-23H2,1H3;1-2H;1H,(H,2,3). The molecule has 0 atom stereocenters. The van der Waals surface area contributed by atoms with Crippen LogP contribution in [0.15, 0.2) is 72.8 Å². The number of rotatable bonds is 9. The molecule has 0 aromatic heterocycles. The van der Waals surface area contributed by atoms with E-state index in [1.165, 1.54) is 12.8 Å². The van der Waals surface area contributed by atoms with Crippen LogP contribution in [0.1, 0.15) is 40.7 Å². The number of halogens is 1. The number of carboxylic acid groups (broad SMARTS) is 1. The number of hydrogen-bond donors (Lipinski definition) is 1. The monoisotopic (exact) mass is 652 g/mol. The fraction of sp³-hybridized carbons (Fsp3) is 0.263. The summed E-state index contributed by atoms with van der Waals surface area (Å²) < 4.78 is 24.2. The molecule has 0 bridgehead atoms. The van der Waals surface area contributed by atoms with E-state index in [0.717, 1.165) is 70.3 Å². The van der Waals surface area contributed by atoms with Crippen LogP contribution < -0.4 is 18.9 Å². The second-order valence-corrected chi connectivity index (χ2v) is 11.2. The molecule has 0 saturated carbocycles. The predicted octanol–water partition coefficient (Wildman–Crippen LogP) is 7.66. The van der Waals surface area contributed by atoms with Gasteiger partial charge < -0.3 is 24.1 Å². The summed E-state index contributed by atoms with van der Waals surface area (Å²) in [6.07, 6.45) is 10.4. The highest BCUT2D eigenvalue weighted by Gasteiger charge is 2.19. The highest BCUT2D eigenvalue weighted by molar-refractivity contribution is 6.32. The van der Waals surface area contributed by atoms with Gasteiger partial charge >= 0.3 is 0 Å². The Bertz CT molecular complexity index is 1730. The summed E-state index contributed by atoms with van der Waals surface area (Å²) in [7, 11) is 0. The minimum Gasteiger partial charge on any atom is -0.488 e. The maximum Gasteiger partial charge on any atom is 0.290 e. The van der Waals surface area contributed by atoms with E-state index in [-0.39, 0.29) is 6.47 Å². The van der Waals surface area contributed by atoms with Gasteiger partial charge in [0.05, 0.1) is 16.7 Å². The van der Waals surface area contributed by atoms with Crippen molar-refractivity contribution >= 4 is 18.1 Å². The van der Waals surface area contributed by atoms with Gasteiger partial charge in [-0.15, -0.1) is 12.8 Å². The van der Waals surface area contributed by atoms with Crippen molar-refractivity contribution in [3.63, 3.8) is 0 Å². The highest BCUT2D eigenvalue weighted by atomic mass is 35.5. The third-order valence-electron chi connectivity index (χ3n) is 7.84. The van der Waals surface area contributed by atoms with Crippen LogP contribution >= 0.6 is 11.6 Å². The molecule has 4 aromatic rings. The molecule has 0 amide bonds. The first-order valence-electron chi connectivity index (χ1n) is 15.2. The van der Waals surface area contributed by atoms with Crippen molar-refractivity contribution < 1.29 is 28.8 Å². The smallest absolute Gasteiger partial charge is 0.290 e. The van der Waals surface area contributed by atoms with Crippen LogP contribution in [0, 0.1) is 31.1 Å². The number of terminal acetylenes is 1. The Morgan fingerprint density at radius 1 is 0.915 bits per heavy atom. The molecule has 1 saturated heterocycles. The molecule has 0 spiro atoms. The van der Waals surface area contributed by atoms with Crippen LogP contribution in [0.4, 0.5) is 0 Å². The molecule has 9 heteroatoms. The third kappa shape index (κ3) is 9.20. The summed E-state index contributed by atoms with van der Waals surface area (Å²) in [5.41, 5.74) is 6.96. The summed E-state index contributed by atoms with van der Waals surface area (Å²) >= 11 is 6.78. The number of hydrogen-bond acceptors (Lipinski definition) is 7.